The van der Waals surface area contributed by atoms with Crippen LogP contribution in [-0.2, 0) is 0 Å². The van der Waals surface area contributed by atoms with Crippen LogP contribution in [-0.4, -0.2) is 22.3 Å². The Morgan fingerprint density at radius 1 is 1.44 bits per heavy atom. The summed E-state index contributed by atoms with van der Waals surface area (Å²) < 4.78 is 0. The first-order valence-electron chi connectivity index (χ1n) is 4.45. The molecule has 0 bridgehead atoms. The minimum Gasteiger partial charge on any atom is -0.478 e. The molecule has 0 saturated carbocycles. The maximum Gasteiger partial charge on any atom is 0.335 e. The number of carbonyl (C=O) groups is 2. The topological polar surface area (TPSA) is 67.3 Å². The summed E-state index contributed by atoms with van der Waals surface area (Å²) in [6.45, 7) is 0. The Hall–Kier alpha value is -2.01. The van der Waals surface area contributed by atoms with Crippen LogP contribution in [0.2, 0.25) is 0 Å². The summed E-state index contributed by atoms with van der Waals surface area (Å²) in [4.78, 5) is 25.9. The number of aromatic carboxylic acids is 1. The zero-order valence-electron chi connectivity index (χ0n) is 8.08. The first kappa shape index (κ1) is 10.5. The van der Waals surface area contributed by atoms with Crippen molar-refractivity contribution in [3.05, 3.63) is 40.9 Å². The third-order valence-corrected chi connectivity index (χ3v) is 2.97. The molecule has 1 heterocycles. The number of hydrogen-bond donors (Lipinski definition) is 1. The SMILES string of the molecule is O=Cc1cnc(-c2cccc(C(=O)O)c2)s1. The molecule has 0 aliphatic carbocycles. The summed E-state index contributed by atoms with van der Waals surface area (Å²) in [6.07, 6.45) is 2.20. The normalized spacial score (nSPS) is 10.0. The molecule has 1 aromatic heterocycles. The Bertz CT molecular complexity index is 548. The van der Waals surface area contributed by atoms with Crippen molar-refractivity contribution in [1.29, 1.82) is 0 Å². The number of hydrogen-bond acceptors (Lipinski definition) is 4. The molecular weight excluding hydrogens is 226 g/mol. The van der Waals surface area contributed by atoms with Gasteiger partial charge >= 0.3 is 5.97 Å². The largest absolute Gasteiger partial charge is 0.478 e. The highest BCUT2D eigenvalue weighted by Crippen LogP contribution is 2.24. The lowest BCUT2D eigenvalue weighted by Crippen LogP contribution is -1.95. The number of aromatic nitrogens is 1. The minimum atomic E-state index is -0.978. The minimum absolute atomic E-state index is 0.209. The van der Waals surface area contributed by atoms with Crippen LogP contribution in [0, 0.1) is 0 Å². The Labute approximate surface area is 95.2 Å². The van der Waals surface area contributed by atoms with Crippen LogP contribution in [0.1, 0.15) is 20.0 Å². The second-order valence-corrected chi connectivity index (χ2v) is 4.13. The van der Waals surface area contributed by atoms with E-state index in [0.29, 0.717) is 15.4 Å². The van der Waals surface area contributed by atoms with E-state index in [1.54, 1.807) is 12.1 Å². The van der Waals surface area contributed by atoms with Crippen LogP contribution in [0.3, 0.4) is 0 Å². The van der Waals surface area contributed by atoms with Gasteiger partial charge in [-0.05, 0) is 12.1 Å². The maximum atomic E-state index is 10.8. The average molecular weight is 233 g/mol. The molecule has 0 aliphatic rings. The van der Waals surface area contributed by atoms with Gasteiger partial charge in [-0.15, -0.1) is 11.3 Å². The van der Waals surface area contributed by atoms with Gasteiger partial charge in [0.2, 0.25) is 0 Å². The predicted octanol–water partition coefficient (Wildman–Crippen LogP) is 2.32. The van der Waals surface area contributed by atoms with Crippen molar-refractivity contribution in [2.75, 3.05) is 0 Å². The van der Waals surface area contributed by atoms with Crippen molar-refractivity contribution in [3.63, 3.8) is 0 Å². The van der Waals surface area contributed by atoms with Crippen LogP contribution in [0.4, 0.5) is 0 Å². The maximum absolute atomic E-state index is 10.8. The fourth-order valence-corrected chi connectivity index (χ4v) is 1.99. The second kappa shape index (κ2) is 4.24. The van der Waals surface area contributed by atoms with Crippen LogP contribution < -0.4 is 0 Å². The third kappa shape index (κ3) is 1.99. The van der Waals surface area contributed by atoms with Crippen molar-refractivity contribution < 1.29 is 14.7 Å². The standard InChI is InChI=1S/C11H7NO3S/c13-6-9-5-12-10(16-9)7-2-1-3-8(4-7)11(14)15/h1-6H,(H,14,15). The summed E-state index contributed by atoms with van der Waals surface area (Å²) in [5.41, 5.74) is 0.915. The lowest BCUT2D eigenvalue weighted by Gasteiger charge is -1.97. The van der Waals surface area contributed by atoms with Crippen molar-refractivity contribution in [1.82, 2.24) is 4.98 Å². The Morgan fingerprint density at radius 2 is 2.25 bits per heavy atom. The monoisotopic (exact) mass is 233 g/mol. The third-order valence-electron chi connectivity index (χ3n) is 2.00. The van der Waals surface area contributed by atoms with E-state index < -0.39 is 5.97 Å². The van der Waals surface area contributed by atoms with Crippen LogP contribution in [0.25, 0.3) is 10.6 Å². The van der Waals surface area contributed by atoms with E-state index >= 15 is 0 Å². The quantitative estimate of drug-likeness (QED) is 0.826. The number of thiazole rings is 1. The van der Waals surface area contributed by atoms with E-state index in [4.69, 9.17) is 5.11 Å². The molecule has 0 amide bonds. The molecule has 0 aliphatic heterocycles. The molecule has 0 spiro atoms. The molecule has 0 saturated heterocycles. The Balaban J connectivity index is 2.43. The molecule has 1 N–H and O–H groups in total. The van der Waals surface area contributed by atoms with Gasteiger partial charge in [0.1, 0.15) is 5.01 Å². The van der Waals surface area contributed by atoms with Gasteiger partial charge in [0.05, 0.1) is 10.4 Å². The first-order valence-corrected chi connectivity index (χ1v) is 5.27. The highest BCUT2D eigenvalue weighted by molar-refractivity contribution is 7.16. The molecule has 5 heteroatoms. The summed E-state index contributed by atoms with van der Waals surface area (Å²) in [7, 11) is 0. The number of aldehydes is 1. The van der Waals surface area contributed by atoms with Crippen molar-refractivity contribution in [3.8, 4) is 10.6 Å². The predicted molar refractivity (Wildman–Crippen MR) is 59.9 cm³/mol. The fraction of sp³-hybridized carbons (Fsp3) is 0. The van der Waals surface area contributed by atoms with Crippen molar-refractivity contribution >= 4 is 23.6 Å². The molecule has 0 fully saturated rings. The van der Waals surface area contributed by atoms with E-state index in [1.165, 1.54) is 29.7 Å². The number of nitrogens with zero attached hydrogens (tertiary/aromatic N) is 1. The highest BCUT2D eigenvalue weighted by Gasteiger charge is 2.07. The van der Waals surface area contributed by atoms with Crippen molar-refractivity contribution in [2.45, 2.75) is 0 Å². The zero-order chi connectivity index (χ0) is 11.5. The van der Waals surface area contributed by atoms with Gasteiger partial charge in [-0.2, -0.15) is 0 Å². The zero-order valence-corrected chi connectivity index (χ0v) is 8.90. The van der Waals surface area contributed by atoms with Gasteiger partial charge in [0, 0.05) is 11.8 Å². The highest BCUT2D eigenvalue weighted by atomic mass is 32.1. The summed E-state index contributed by atoms with van der Waals surface area (Å²) in [5.74, 6) is -0.978. The smallest absolute Gasteiger partial charge is 0.335 e. The van der Waals surface area contributed by atoms with Crippen molar-refractivity contribution in [2.24, 2.45) is 0 Å². The second-order valence-electron chi connectivity index (χ2n) is 3.07. The number of rotatable bonds is 3. The average Bonchev–Trinajstić information content (AvgIpc) is 2.77. The molecule has 1 aromatic carbocycles. The fourth-order valence-electron chi connectivity index (χ4n) is 1.26. The summed E-state index contributed by atoms with van der Waals surface area (Å²) >= 11 is 1.23. The molecule has 16 heavy (non-hydrogen) atoms. The molecule has 0 atom stereocenters. The molecular formula is C11H7NO3S. The van der Waals surface area contributed by atoms with E-state index in [-0.39, 0.29) is 5.56 Å². The number of carboxylic acid groups (broad SMARTS) is 1. The van der Waals surface area contributed by atoms with Gasteiger partial charge < -0.3 is 5.11 Å². The molecule has 4 nitrogen and oxygen atoms in total. The molecule has 2 aromatic rings. The van der Waals surface area contributed by atoms with Crippen LogP contribution in [0.5, 0.6) is 0 Å². The Kier molecular flexibility index (Phi) is 2.78. The van der Waals surface area contributed by atoms with Crippen LogP contribution in [0.15, 0.2) is 30.5 Å². The Morgan fingerprint density at radius 3 is 2.88 bits per heavy atom. The molecule has 2 rings (SSSR count). The summed E-state index contributed by atoms with van der Waals surface area (Å²) in [5, 5.41) is 9.48. The van der Waals surface area contributed by atoms with Gasteiger partial charge in [-0.25, -0.2) is 9.78 Å². The van der Waals surface area contributed by atoms with Gasteiger partial charge in [-0.3, -0.25) is 4.79 Å². The number of benzene rings is 1. The molecule has 80 valence electrons. The number of carbonyl (C=O) groups excluding carboxylic acids is 1. The number of carboxylic acids is 1. The van der Waals surface area contributed by atoms with E-state index in [2.05, 4.69) is 4.98 Å². The summed E-state index contributed by atoms with van der Waals surface area (Å²) in [6, 6.07) is 6.47. The van der Waals surface area contributed by atoms with Gasteiger partial charge in [-0.1, -0.05) is 12.1 Å². The molecule has 0 radical (unpaired) electrons. The van der Waals surface area contributed by atoms with E-state index in [0.717, 1.165) is 6.29 Å². The lowest BCUT2D eigenvalue weighted by atomic mass is 10.1. The lowest BCUT2D eigenvalue weighted by molar-refractivity contribution is 0.0697. The van der Waals surface area contributed by atoms with Gasteiger partial charge in [0.15, 0.2) is 6.29 Å². The molecule has 0 unspecified atom stereocenters. The van der Waals surface area contributed by atoms with Crippen LogP contribution >= 0.6 is 11.3 Å². The first-order chi connectivity index (χ1) is 7.70. The van der Waals surface area contributed by atoms with Gasteiger partial charge in [0.25, 0.3) is 0 Å². The van der Waals surface area contributed by atoms with E-state index in [9.17, 15) is 9.59 Å². The van der Waals surface area contributed by atoms with E-state index in [1.807, 2.05) is 0 Å².